The molecule has 1 aromatic carbocycles. The van der Waals surface area contributed by atoms with Crippen molar-refractivity contribution < 1.29 is 9.47 Å². The van der Waals surface area contributed by atoms with Gasteiger partial charge in [-0.1, -0.05) is 0 Å². The van der Waals surface area contributed by atoms with Gasteiger partial charge in [-0.05, 0) is 40.7 Å². The first-order chi connectivity index (χ1) is 9.22. The summed E-state index contributed by atoms with van der Waals surface area (Å²) in [6.45, 7) is 5.45. The third kappa shape index (κ3) is 3.02. The van der Waals surface area contributed by atoms with E-state index >= 15 is 0 Å². The lowest BCUT2D eigenvalue weighted by Gasteiger charge is -2.32. The smallest absolute Gasteiger partial charge is 0.231 e. The van der Waals surface area contributed by atoms with Crippen molar-refractivity contribution in [1.82, 2.24) is 15.3 Å². The van der Waals surface area contributed by atoms with Crippen molar-refractivity contribution in [3.05, 3.63) is 22.2 Å². The lowest BCUT2D eigenvalue weighted by molar-refractivity contribution is 0.102. The van der Waals surface area contributed by atoms with Crippen LogP contribution in [-0.2, 0) is 6.54 Å². The van der Waals surface area contributed by atoms with Gasteiger partial charge >= 0.3 is 0 Å². The van der Waals surface area contributed by atoms with Crippen LogP contribution in [0.5, 0.6) is 11.5 Å². The first-order valence-electron chi connectivity index (χ1n) is 6.47. The standard InChI is InChI=1S/C13H18BrN3O2/c1-16-2-4-17(5-3-16)15-8-10-6-11(14)13-12(7-10)18-9-19-13/h6-7,15H,2-5,8-9H2,1H3. The quantitative estimate of drug-likeness (QED) is 0.909. The molecule has 2 aliphatic heterocycles. The van der Waals surface area contributed by atoms with Gasteiger partial charge in [0.15, 0.2) is 11.5 Å². The molecule has 0 spiro atoms. The Morgan fingerprint density at radius 3 is 2.79 bits per heavy atom. The molecular formula is C13H18BrN3O2. The maximum absolute atomic E-state index is 5.43. The molecular weight excluding hydrogens is 310 g/mol. The molecule has 0 bridgehead atoms. The molecule has 1 saturated heterocycles. The number of nitrogens with one attached hydrogen (secondary N) is 1. The minimum absolute atomic E-state index is 0.309. The molecule has 104 valence electrons. The molecule has 2 heterocycles. The van der Waals surface area contributed by atoms with E-state index in [1.54, 1.807) is 0 Å². The minimum Gasteiger partial charge on any atom is -0.454 e. The summed E-state index contributed by atoms with van der Waals surface area (Å²) in [7, 11) is 2.16. The van der Waals surface area contributed by atoms with Gasteiger partial charge in [-0.2, -0.15) is 0 Å². The zero-order valence-electron chi connectivity index (χ0n) is 11.0. The predicted molar refractivity (Wildman–Crippen MR) is 76.2 cm³/mol. The van der Waals surface area contributed by atoms with Gasteiger partial charge in [-0.15, -0.1) is 0 Å². The molecule has 19 heavy (non-hydrogen) atoms. The Hall–Kier alpha value is -0.820. The topological polar surface area (TPSA) is 37.0 Å². The number of fused-ring (bicyclic) bond motifs is 1. The second kappa shape index (κ2) is 5.66. The van der Waals surface area contributed by atoms with Crippen LogP contribution in [0.1, 0.15) is 5.56 Å². The zero-order valence-corrected chi connectivity index (χ0v) is 12.6. The predicted octanol–water partition coefficient (Wildman–Crippen LogP) is 1.43. The van der Waals surface area contributed by atoms with E-state index in [9.17, 15) is 0 Å². The van der Waals surface area contributed by atoms with E-state index in [0.717, 1.165) is 48.7 Å². The van der Waals surface area contributed by atoms with E-state index in [-0.39, 0.29) is 0 Å². The van der Waals surface area contributed by atoms with Crippen LogP contribution in [0.4, 0.5) is 0 Å². The summed E-state index contributed by atoms with van der Waals surface area (Å²) >= 11 is 3.52. The third-order valence-electron chi connectivity index (χ3n) is 3.50. The van der Waals surface area contributed by atoms with Crippen LogP contribution in [0.15, 0.2) is 16.6 Å². The maximum Gasteiger partial charge on any atom is 0.231 e. The van der Waals surface area contributed by atoms with Crippen molar-refractivity contribution in [3.8, 4) is 11.5 Å². The number of likely N-dealkylation sites (N-methyl/N-ethyl adjacent to an activating group) is 1. The molecule has 0 aromatic heterocycles. The Labute approximate surface area is 121 Å². The number of halogens is 1. The number of nitrogens with zero attached hydrogens (tertiary/aromatic N) is 2. The SMILES string of the molecule is CN1CCN(NCc2cc(Br)c3c(c2)OCO3)CC1. The van der Waals surface area contributed by atoms with Crippen molar-refractivity contribution in [3.63, 3.8) is 0 Å². The van der Waals surface area contributed by atoms with Gasteiger partial charge in [-0.25, -0.2) is 5.01 Å². The van der Waals surface area contributed by atoms with Crippen molar-refractivity contribution in [2.45, 2.75) is 6.54 Å². The highest BCUT2D eigenvalue weighted by atomic mass is 79.9. The minimum atomic E-state index is 0.309. The number of hydrazine groups is 1. The number of piperazine rings is 1. The zero-order chi connectivity index (χ0) is 13.2. The molecule has 5 nitrogen and oxygen atoms in total. The van der Waals surface area contributed by atoms with Crippen LogP contribution >= 0.6 is 15.9 Å². The largest absolute Gasteiger partial charge is 0.454 e. The summed E-state index contributed by atoms with van der Waals surface area (Å²) in [5.41, 5.74) is 4.66. The Balaban J connectivity index is 1.60. The second-order valence-electron chi connectivity index (χ2n) is 4.94. The van der Waals surface area contributed by atoms with E-state index in [2.05, 4.69) is 44.4 Å². The van der Waals surface area contributed by atoms with Gasteiger partial charge in [-0.3, -0.25) is 5.43 Å². The average Bonchev–Trinajstić information content (AvgIpc) is 2.87. The molecule has 0 saturated carbocycles. The molecule has 0 atom stereocenters. The van der Waals surface area contributed by atoms with Crippen molar-refractivity contribution in [2.75, 3.05) is 40.0 Å². The maximum atomic E-state index is 5.43. The lowest BCUT2D eigenvalue weighted by atomic mass is 10.2. The van der Waals surface area contributed by atoms with Gasteiger partial charge in [0.2, 0.25) is 6.79 Å². The summed E-state index contributed by atoms with van der Waals surface area (Å²) < 4.78 is 11.8. The molecule has 1 fully saturated rings. The van der Waals surface area contributed by atoms with Gasteiger partial charge in [0.05, 0.1) is 4.47 Å². The molecule has 3 rings (SSSR count). The average molecular weight is 328 g/mol. The molecule has 0 amide bonds. The third-order valence-corrected chi connectivity index (χ3v) is 4.09. The van der Waals surface area contributed by atoms with E-state index in [4.69, 9.17) is 9.47 Å². The molecule has 1 aromatic rings. The molecule has 6 heteroatoms. The molecule has 1 N–H and O–H groups in total. The van der Waals surface area contributed by atoms with Crippen LogP contribution in [0, 0.1) is 0 Å². The van der Waals surface area contributed by atoms with Crippen LogP contribution in [-0.4, -0.2) is 49.9 Å². The van der Waals surface area contributed by atoms with Crippen LogP contribution in [0.2, 0.25) is 0 Å². The number of benzene rings is 1. The second-order valence-corrected chi connectivity index (χ2v) is 5.79. The summed E-state index contributed by atoms with van der Waals surface area (Å²) in [5.74, 6) is 1.63. The normalized spacial score (nSPS) is 19.9. The van der Waals surface area contributed by atoms with E-state index in [1.807, 2.05) is 6.07 Å². The van der Waals surface area contributed by atoms with E-state index < -0.39 is 0 Å². The molecule has 2 aliphatic rings. The van der Waals surface area contributed by atoms with E-state index in [0.29, 0.717) is 6.79 Å². The van der Waals surface area contributed by atoms with Crippen molar-refractivity contribution >= 4 is 15.9 Å². The number of ether oxygens (including phenoxy) is 2. The monoisotopic (exact) mass is 327 g/mol. The Morgan fingerprint density at radius 1 is 1.21 bits per heavy atom. The summed E-state index contributed by atoms with van der Waals surface area (Å²) in [6, 6.07) is 4.12. The van der Waals surface area contributed by atoms with Gasteiger partial charge in [0.1, 0.15) is 0 Å². The highest BCUT2D eigenvalue weighted by Crippen LogP contribution is 2.39. The number of rotatable bonds is 3. The first kappa shape index (κ1) is 13.2. The highest BCUT2D eigenvalue weighted by Gasteiger charge is 2.18. The Kier molecular flexibility index (Phi) is 3.93. The van der Waals surface area contributed by atoms with Crippen molar-refractivity contribution in [1.29, 1.82) is 0 Å². The molecule has 0 unspecified atom stereocenters. The molecule has 0 aliphatic carbocycles. The van der Waals surface area contributed by atoms with Gasteiger partial charge in [0.25, 0.3) is 0 Å². The lowest BCUT2D eigenvalue weighted by Crippen LogP contribution is -2.50. The van der Waals surface area contributed by atoms with Crippen molar-refractivity contribution in [2.24, 2.45) is 0 Å². The fourth-order valence-electron chi connectivity index (χ4n) is 2.29. The molecule has 0 radical (unpaired) electrons. The Bertz CT molecular complexity index is 461. The Morgan fingerprint density at radius 2 is 2.00 bits per heavy atom. The summed E-state index contributed by atoms with van der Waals surface area (Å²) in [6.07, 6.45) is 0. The van der Waals surface area contributed by atoms with Gasteiger partial charge < -0.3 is 14.4 Å². The van der Waals surface area contributed by atoms with E-state index in [1.165, 1.54) is 5.56 Å². The van der Waals surface area contributed by atoms with Crippen LogP contribution in [0.3, 0.4) is 0 Å². The first-order valence-corrected chi connectivity index (χ1v) is 7.27. The fraction of sp³-hybridized carbons (Fsp3) is 0.538. The van der Waals surface area contributed by atoms with Crippen LogP contribution < -0.4 is 14.9 Å². The van der Waals surface area contributed by atoms with Crippen LogP contribution in [0.25, 0.3) is 0 Å². The van der Waals surface area contributed by atoms with Gasteiger partial charge in [0, 0.05) is 32.7 Å². The summed E-state index contributed by atoms with van der Waals surface area (Å²) in [5, 5.41) is 2.28. The fourth-order valence-corrected chi connectivity index (χ4v) is 2.89. The number of hydrogen-bond donors (Lipinski definition) is 1. The number of hydrogen-bond acceptors (Lipinski definition) is 5. The summed E-state index contributed by atoms with van der Waals surface area (Å²) in [4.78, 5) is 2.34. The highest BCUT2D eigenvalue weighted by molar-refractivity contribution is 9.10.